The van der Waals surface area contributed by atoms with Crippen LogP contribution in [0.4, 0.5) is 0 Å². The van der Waals surface area contributed by atoms with Crippen LogP contribution < -0.4 is 5.73 Å². The molecule has 0 aliphatic rings. The molecule has 0 saturated carbocycles. The Balaban J connectivity index is 2.93. The molecule has 17 heavy (non-hydrogen) atoms. The van der Waals surface area contributed by atoms with Crippen molar-refractivity contribution in [2.75, 3.05) is 20.1 Å². The minimum atomic E-state index is 0.216. The molecule has 2 N–H and O–H groups in total. The van der Waals surface area contributed by atoms with Gasteiger partial charge < -0.3 is 5.73 Å². The lowest BCUT2D eigenvalue weighted by atomic mass is 9.86. The number of hydrogen-bond acceptors (Lipinski definition) is 2. The van der Waals surface area contributed by atoms with Gasteiger partial charge in [-0.3, -0.25) is 4.90 Å². The highest BCUT2D eigenvalue weighted by Gasteiger charge is 2.16. The first kappa shape index (κ1) is 14.2. The van der Waals surface area contributed by atoms with E-state index in [1.165, 1.54) is 11.1 Å². The number of nitrogens with zero attached hydrogens (tertiary/aromatic N) is 1. The smallest absolute Gasteiger partial charge is 0.0467 e. The summed E-state index contributed by atoms with van der Waals surface area (Å²) in [6.07, 6.45) is 0. The highest BCUT2D eigenvalue weighted by Crippen LogP contribution is 2.25. The van der Waals surface area contributed by atoms with E-state index >= 15 is 0 Å². The normalized spacial score (nSPS) is 14.1. The van der Waals surface area contributed by atoms with E-state index in [4.69, 9.17) is 5.73 Å². The molecular weight excluding hydrogens is 208 g/mol. The monoisotopic (exact) mass is 234 g/mol. The van der Waals surface area contributed by atoms with E-state index in [9.17, 15) is 0 Å². The van der Waals surface area contributed by atoms with Gasteiger partial charge in [-0.15, -0.1) is 0 Å². The zero-order chi connectivity index (χ0) is 13.1. The van der Waals surface area contributed by atoms with Crippen molar-refractivity contribution in [2.45, 2.75) is 39.2 Å². The van der Waals surface area contributed by atoms with Crippen molar-refractivity contribution in [3.05, 3.63) is 35.4 Å². The quantitative estimate of drug-likeness (QED) is 0.868. The molecule has 1 unspecified atom stereocenters. The first-order valence-electron chi connectivity index (χ1n) is 6.41. The maximum absolute atomic E-state index is 5.86. The van der Waals surface area contributed by atoms with Crippen LogP contribution in [0.3, 0.4) is 0 Å². The number of benzene rings is 1. The molecule has 1 aromatic carbocycles. The Bertz CT molecular complexity index is 335. The average Bonchev–Trinajstić information content (AvgIpc) is 2.29. The Morgan fingerprint density at radius 1 is 1.18 bits per heavy atom. The molecule has 2 nitrogen and oxygen atoms in total. The predicted molar refractivity (Wildman–Crippen MR) is 75.2 cm³/mol. The SMILES string of the molecule is CCN(C)C(CN)c1ccc(C(C)(C)C)cc1. The van der Waals surface area contributed by atoms with Crippen LogP contribution in [0.2, 0.25) is 0 Å². The summed E-state index contributed by atoms with van der Waals surface area (Å²) in [6, 6.07) is 9.20. The van der Waals surface area contributed by atoms with Crippen molar-refractivity contribution in [1.29, 1.82) is 0 Å². The summed E-state index contributed by atoms with van der Waals surface area (Å²) in [7, 11) is 2.12. The molecule has 0 radical (unpaired) electrons. The van der Waals surface area contributed by atoms with Gasteiger partial charge in [0.25, 0.3) is 0 Å². The zero-order valence-electron chi connectivity index (χ0n) is 11.8. The third-order valence-electron chi connectivity index (χ3n) is 3.42. The van der Waals surface area contributed by atoms with E-state index < -0.39 is 0 Å². The minimum absolute atomic E-state index is 0.216. The van der Waals surface area contributed by atoms with E-state index in [0.29, 0.717) is 12.6 Å². The van der Waals surface area contributed by atoms with Crippen LogP contribution in [-0.4, -0.2) is 25.0 Å². The number of hydrogen-bond donors (Lipinski definition) is 1. The van der Waals surface area contributed by atoms with Gasteiger partial charge in [0.1, 0.15) is 0 Å². The molecule has 0 spiro atoms. The molecule has 2 heteroatoms. The Labute approximate surface area is 106 Å². The maximum Gasteiger partial charge on any atom is 0.0467 e. The molecular formula is C15H26N2. The van der Waals surface area contributed by atoms with Crippen molar-refractivity contribution >= 4 is 0 Å². The minimum Gasteiger partial charge on any atom is -0.329 e. The van der Waals surface area contributed by atoms with E-state index in [1.54, 1.807) is 0 Å². The summed E-state index contributed by atoms with van der Waals surface area (Å²) in [6.45, 7) is 10.6. The molecule has 0 aromatic heterocycles. The van der Waals surface area contributed by atoms with E-state index in [-0.39, 0.29) is 5.41 Å². The average molecular weight is 234 g/mol. The molecule has 1 rings (SSSR count). The van der Waals surface area contributed by atoms with Crippen molar-refractivity contribution in [1.82, 2.24) is 4.90 Å². The fraction of sp³-hybridized carbons (Fsp3) is 0.600. The summed E-state index contributed by atoms with van der Waals surface area (Å²) >= 11 is 0. The second-order valence-corrected chi connectivity index (χ2v) is 5.70. The molecule has 0 bridgehead atoms. The zero-order valence-corrected chi connectivity index (χ0v) is 11.8. The molecule has 96 valence electrons. The van der Waals surface area contributed by atoms with Crippen LogP contribution in [0.25, 0.3) is 0 Å². The predicted octanol–water partition coefficient (Wildman–Crippen LogP) is 2.94. The second kappa shape index (κ2) is 5.65. The Kier molecular flexibility index (Phi) is 4.72. The highest BCUT2D eigenvalue weighted by atomic mass is 15.1. The number of rotatable bonds is 4. The van der Waals surface area contributed by atoms with Crippen LogP contribution >= 0.6 is 0 Å². The van der Waals surface area contributed by atoms with Gasteiger partial charge >= 0.3 is 0 Å². The lowest BCUT2D eigenvalue weighted by Gasteiger charge is -2.27. The van der Waals surface area contributed by atoms with Crippen molar-refractivity contribution in [3.8, 4) is 0 Å². The van der Waals surface area contributed by atoms with Gasteiger partial charge in [0.05, 0.1) is 0 Å². The van der Waals surface area contributed by atoms with Gasteiger partial charge in [0, 0.05) is 12.6 Å². The first-order chi connectivity index (χ1) is 7.90. The fourth-order valence-electron chi connectivity index (χ4n) is 2.00. The van der Waals surface area contributed by atoms with Gasteiger partial charge in [-0.2, -0.15) is 0 Å². The van der Waals surface area contributed by atoms with Crippen LogP contribution in [0.1, 0.15) is 44.9 Å². The summed E-state index contributed by atoms with van der Waals surface area (Å²) in [4.78, 5) is 2.28. The van der Waals surface area contributed by atoms with Crippen LogP contribution in [0.5, 0.6) is 0 Å². The molecule has 0 saturated heterocycles. The van der Waals surface area contributed by atoms with E-state index in [1.807, 2.05) is 0 Å². The molecule has 1 atom stereocenters. The van der Waals surface area contributed by atoms with Gasteiger partial charge in [0.2, 0.25) is 0 Å². The van der Waals surface area contributed by atoms with Crippen molar-refractivity contribution < 1.29 is 0 Å². The Morgan fingerprint density at radius 2 is 1.71 bits per heavy atom. The van der Waals surface area contributed by atoms with E-state index in [2.05, 4.69) is 63.9 Å². The van der Waals surface area contributed by atoms with Gasteiger partial charge in [-0.1, -0.05) is 52.0 Å². The third kappa shape index (κ3) is 3.55. The van der Waals surface area contributed by atoms with Crippen LogP contribution in [0.15, 0.2) is 24.3 Å². The lowest BCUT2D eigenvalue weighted by molar-refractivity contribution is 0.263. The highest BCUT2D eigenvalue weighted by molar-refractivity contribution is 5.29. The standard InChI is InChI=1S/C15H26N2/c1-6-17(5)14(11-16)12-7-9-13(10-8-12)15(2,3)4/h7-10,14H,6,11,16H2,1-5H3. The number of likely N-dealkylation sites (N-methyl/N-ethyl adjacent to an activating group) is 1. The Hall–Kier alpha value is -0.860. The number of nitrogens with two attached hydrogens (primary N) is 1. The molecule has 1 aromatic rings. The van der Waals surface area contributed by atoms with Crippen molar-refractivity contribution in [3.63, 3.8) is 0 Å². The summed E-state index contributed by atoms with van der Waals surface area (Å²) in [5.41, 5.74) is 8.76. The molecule has 0 heterocycles. The summed E-state index contributed by atoms with van der Waals surface area (Å²) < 4.78 is 0. The van der Waals surface area contributed by atoms with Gasteiger partial charge in [0.15, 0.2) is 0 Å². The second-order valence-electron chi connectivity index (χ2n) is 5.70. The first-order valence-corrected chi connectivity index (χ1v) is 6.41. The summed E-state index contributed by atoms with van der Waals surface area (Å²) in [5.74, 6) is 0. The largest absolute Gasteiger partial charge is 0.329 e. The van der Waals surface area contributed by atoms with Crippen molar-refractivity contribution in [2.24, 2.45) is 5.73 Å². The maximum atomic E-state index is 5.86. The fourth-order valence-corrected chi connectivity index (χ4v) is 2.00. The Morgan fingerprint density at radius 3 is 2.06 bits per heavy atom. The van der Waals surface area contributed by atoms with E-state index in [0.717, 1.165) is 6.54 Å². The molecule has 0 fully saturated rings. The van der Waals surface area contributed by atoms with Crippen LogP contribution in [0, 0.1) is 0 Å². The summed E-state index contributed by atoms with van der Waals surface area (Å²) in [5, 5.41) is 0. The third-order valence-corrected chi connectivity index (χ3v) is 3.42. The lowest BCUT2D eigenvalue weighted by Crippen LogP contribution is -2.30. The van der Waals surface area contributed by atoms with Gasteiger partial charge in [-0.05, 0) is 30.1 Å². The van der Waals surface area contributed by atoms with Crippen LogP contribution in [-0.2, 0) is 5.41 Å². The van der Waals surface area contributed by atoms with Gasteiger partial charge in [-0.25, -0.2) is 0 Å². The molecule has 0 amide bonds. The molecule has 0 aliphatic heterocycles. The topological polar surface area (TPSA) is 29.3 Å². The molecule has 0 aliphatic carbocycles.